The molecule has 10 aromatic rings. The summed E-state index contributed by atoms with van der Waals surface area (Å²) in [5.41, 5.74) is 10.8. The van der Waals surface area contributed by atoms with Gasteiger partial charge in [0.2, 0.25) is 5.95 Å². The van der Waals surface area contributed by atoms with E-state index >= 15 is 0 Å². The minimum atomic E-state index is 0.650. The van der Waals surface area contributed by atoms with Crippen molar-refractivity contribution < 1.29 is 0 Å². The van der Waals surface area contributed by atoms with Gasteiger partial charge in [0.25, 0.3) is 0 Å². The summed E-state index contributed by atoms with van der Waals surface area (Å²) in [5, 5.41) is 4.87. The molecule has 0 aliphatic heterocycles. The van der Waals surface area contributed by atoms with Gasteiger partial charge in [-0.15, -0.1) is 11.3 Å². The number of hydrogen-bond acceptors (Lipinski definition) is 3. The molecule has 0 spiro atoms. The molecule has 3 aromatic heterocycles. The molecule has 0 amide bonds. The first-order valence-electron chi connectivity index (χ1n) is 16.8. The van der Waals surface area contributed by atoms with Gasteiger partial charge in [-0.1, -0.05) is 146 Å². The van der Waals surface area contributed by atoms with Gasteiger partial charge < -0.3 is 0 Å². The predicted molar refractivity (Wildman–Crippen MR) is 211 cm³/mol. The first-order chi connectivity index (χ1) is 24.8. The molecule has 234 valence electrons. The Bertz CT molecular complexity index is 2870. The molecule has 0 aliphatic rings. The lowest BCUT2D eigenvalue weighted by Gasteiger charge is -2.13. The molecule has 7 aromatic carbocycles. The molecule has 0 unspecified atom stereocenters. The molecule has 4 heteroatoms. The highest BCUT2D eigenvalue weighted by atomic mass is 32.1. The van der Waals surface area contributed by atoms with Crippen LogP contribution in [0.25, 0.3) is 92.7 Å². The van der Waals surface area contributed by atoms with E-state index in [2.05, 4.69) is 180 Å². The zero-order valence-electron chi connectivity index (χ0n) is 27.0. The number of hydrogen-bond donors (Lipinski definition) is 0. The first kappa shape index (κ1) is 28.6. The van der Waals surface area contributed by atoms with Gasteiger partial charge in [0, 0.05) is 42.1 Å². The van der Waals surface area contributed by atoms with Crippen LogP contribution in [0.4, 0.5) is 0 Å². The standard InChI is InChI=1S/C46H29N3S/c1-3-13-30(14-4-1)32-17-11-18-34(27-32)40-29-41(39-22-12-21-38-37-20-8-10-24-44(37)50-45(38)39)48-46(47-40)49-42-23-9-7-19-35(42)36-26-25-33(28-43(36)49)31-15-5-2-6-16-31/h1-29H. The molecule has 0 fully saturated rings. The van der Waals surface area contributed by atoms with Crippen molar-refractivity contribution in [3.8, 4) is 50.7 Å². The molecule has 0 bridgehead atoms. The van der Waals surface area contributed by atoms with Crippen molar-refractivity contribution >= 4 is 53.3 Å². The second-order valence-electron chi connectivity index (χ2n) is 12.6. The third-order valence-electron chi connectivity index (χ3n) is 9.64. The van der Waals surface area contributed by atoms with E-state index in [9.17, 15) is 0 Å². The summed E-state index contributed by atoms with van der Waals surface area (Å²) in [7, 11) is 0. The van der Waals surface area contributed by atoms with Crippen LogP contribution in [-0.4, -0.2) is 14.5 Å². The average Bonchev–Trinajstić information content (AvgIpc) is 3.74. The van der Waals surface area contributed by atoms with Crippen molar-refractivity contribution in [2.45, 2.75) is 0 Å². The van der Waals surface area contributed by atoms with Crippen molar-refractivity contribution in [3.05, 3.63) is 176 Å². The van der Waals surface area contributed by atoms with Crippen LogP contribution < -0.4 is 0 Å². The molecule has 0 radical (unpaired) electrons. The van der Waals surface area contributed by atoms with Crippen molar-refractivity contribution in [1.29, 1.82) is 0 Å². The fourth-order valence-corrected chi connectivity index (χ4v) is 8.48. The molecule has 3 heterocycles. The van der Waals surface area contributed by atoms with Gasteiger partial charge >= 0.3 is 0 Å². The number of aromatic nitrogens is 3. The Labute approximate surface area is 293 Å². The predicted octanol–water partition coefficient (Wildman–Crippen LogP) is 12.6. The van der Waals surface area contributed by atoms with Gasteiger partial charge in [-0.2, -0.15) is 0 Å². The normalized spacial score (nSPS) is 11.6. The number of rotatable bonds is 5. The van der Waals surface area contributed by atoms with Crippen LogP contribution in [-0.2, 0) is 0 Å². The maximum Gasteiger partial charge on any atom is 0.235 e. The number of fused-ring (bicyclic) bond motifs is 6. The summed E-state index contributed by atoms with van der Waals surface area (Å²) in [4.78, 5) is 10.8. The summed E-state index contributed by atoms with van der Waals surface area (Å²) in [5.74, 6) is 0.650. The lowest BCUT2D eigenvalue weighted by Crippen LogP contribution is -2.04. The summed E-state index contributed by atoms with van der Waals surface area (Å²) in [6, 6.07) is 62.5. The van der Waals surface area contributed by atoms with E-state index in [-0.39, 0.29) is 0 Å². The molecule has 3 nitrogen and oxygen atoms in total. The van der Waals surface area contributed by atoms with Gasteiger partial charge in [0.05, 0.1) is 22.4 Å². The Balaban J connectivity index is 1.27. The fourth-order valence-electron chi connectivity index (χ4n) is 7.25. The minimum absolute atomic E-state index is 0.650. The van der Waals surface area contributed by atoms with Crippen molar-refractivity contribution in [2.75, 3.05) is 0 Å². The van der Waals surface area contributed by atoms with E-state index in [1.165, 1.54) is 42.1 Å². The zero-order chi connectivity index (χ0) is 33.0. The van der Waals surface area contributed by atoms with Crippen LogP contribution in [0, 0.1) is 0 Å². The Morgan fingerprint density at radius 2 is 0.980 bits per heavy atom. The summed E-state index contributed by atoms with van der Waals surface area (Å²) < 4.78 is 4.75. The minimum Gasteiger partial charge on any atom is -0.278 e. The molecule has 10 rings (SSSR count). The molecule has 0 saturated carbocycles. The first-order valence-corrected chi connectivity index (χ1v) is 17.6. The van der Waals surface area contributed by atoms with Crippen LogP contribution in [0.3, 0.4) is 0 Å². The SMILES string of the molecule is c1ccc(-c2cccc(-c3cc(-c4cccc5c4sc4ccccc45)nc(-n4c5ccccc5c5ccc(-c6ccccc6)cc54)n3)c2)cc1. The van der Waals surface area contributed by atoms with E-state index in [1.807, 2.05) is 11.3 Å². The third kappa shape index (κ3) is 4.73. The van der Waals surface area contributed by atoms with E-state index in [0.29, 0.717) is 5.95 Å². The number of thiophene rings is 1. The van der Waals surface area contributed by atoms with Crippen molar-refractivity contribution in [3.63, 3.8) is 0 Å². The van der Waals surface area contributed by atoms with Crippen molar-refractivity contribution in [1.82, 2.24) is 14.5 Å². The second kappa shape index (κ2) is 11.7. The summed E-state index contributed by atoms with van der Waals surface area (Å²) in [6.07, 6.45) is 0. The fraction of sp³-hybridized carbons (Fsp3) is 0. The van der Waals surface area contributed by atoms with Crippen LogP contribution >= 0.6 is 11.3 Å². The monoisotopic (exact) mass is 655 g/mol. The molecule has 50 heavy (non-hydrogen) atoms. The molecular weight excluding hydrogens is 627 g/mol. The maximum atomic E-state index is 5.43. The summed E-state index contributed by atoms with van der Waals surface area (Å²) >= 11 is 1.83. The number of nitrogens with zero attached hydrogens (tertiary/aromatic N) is 3. The maximum absolute atomic E-state index is 5.43. The van der Waals surface area contributed by atoms with Gasteiger partial charge in [-0.05, 0) is 52.6 Å². The summed E-state index contributed by atoms with van der Waals surface area (Å²) in [6.45, 7) is 0. The van der Waals surface area contributed by atoms with Gasteiger partial charge in [0.1, 0.15) is 0 Å². The van der Waals surface area contributed by atoms with Crippen LogP contribution in [0.5, 0.6) is 0 Å². The number of benzene rings is 7. The molecular formula is C46H29N3S. The third-order valence-corrected chi connectivity index (χ3v) is 10.9. The van der Waals surface area contributed by atoms with Gasteiger partial charge in [-0.25, -0.2) is 9.97 Å². The topological polar surface area (TPSA) is 30.7 Å². The number of para-hydroxylation sites is 1. The Hall–Kier alpha value is -6.36. The second-order valence-corrected chi connectivity index (χ2v) is 13.7. The van der Waals surface area contributed by atoms with Gasteiger partial charge in [0.15, 0.2) is 0 Å². The molecule has 0 aliphatic carbocycles. The Morgan fingerprint density at radius 1 is 0.380 bits per heavy atom. The highest BCUT2D eigenvalue weighted by Crippen LogP contribution is 2.41. The molecule has 0 atom stereocenters. The van der Waals surface area contributed by atoms with Gasteiger partial charge in [-0.3, -0.25) is 4.57 Å². The van der Waals surface area contributed by atoms with Crippen LogP contribution in [0.1, 0.15) is 0 Å². The van der Waals surface area contributed by atoms with E-state index in [1.54, 1.807) is 0 Å². The average molecular weight is 656 g/mol. The Kier molecular flexibility index (Phi) is 6.68. The quantitative estimate of drug-likeness (QED) is 0.185. The lowest BCUT2D eigenvalue weighted by molar-refractivity contribution is 0.996. The van der Waals surface area contributed by atoms with Crippen LogP contribution in [0.15, 0.2) is 176 Å². The largest absolute Gasteiger partial charge is 0.278 e. The molecule has 0 N–H and O–H groups in total. The van der Waals surface area contributed by atoms with Crippen molar-refractivity contribution in [2.24, 2.45) is 0 Å². The highest BCUT2D eigenvalue weighted by Gasteiger charge is 2.19. The van der Waals surface area contributed by atoms with Crippen LogP contribution in [0.2, 0.25) is 0 Å². The smallest absolute Gasteiger partial charge is 0.235 e. The van der Waals surface area contributed by atoms with E-state index in [4.69, 9.17) is 9.97 Å². The molecule has 0 saturated heterocycles. The zero-order valence-corrected chi connectivity index (χ0v) is 27.8. The highest BCUT2D eigenvalue weighted by molar-refractivity contribution is 7.26. The lowest BCUT2D eigenvalue weighted by atomic mass is 10.0. The van der Waals surface area contributed by atoms with E-state index in [0.717, 1.165) is 44.7 Å². The van der Waals surface area contributed by atoms with E-state index < -0.39 is 0 Å². The Morgan fingerprint density at radius 3 is 1.80 bits per heavy atom.